The van der Waals surface area contributed by atoms with Crippen molar-refractivity contribution in [1.82, 2.24) is 16.0 Å². The fourth-order valence-corrected chi connectivity index (χ4v) is 7.82. The second-order valence-corrected chi connectivity index (χ2v) is 17.8. The fourth-order valence-electron chi connectivity index (χ4n) is 7.82. The van der Waals surface area contributed by atoms with E-state index in [1.165, 1.54) is 27.7 Å². The number of hydrogen-bond donors (Lipinski definition) is 12. The second-order valence-electron chi connectivity index (χ2n) is 17.8. The molecule has 0 aliphatic heterocycles. The number of aliphatic hydroxyl groups is 9. The van der Waals surface area contributed by atoms with Crippen molar-refractivity contribution in [2.45, 2.75) is 168 Å². The predicted octanol–water partition coefficient (Wildman–Crippen LogP) is 0.213. The average Bonchev–Trinajstić information content (AvgIpc) is 3.22. The van der Waals surface area contributed by atoms with Crippen LogP contribution in [-0.2, 0) is 19.1 Å². The summed E-state index contributed by atoms with van der Waals surface area (Å²) in [5.74, 6) is -1.83. The average molecular weight is 824 g/mol. The van der Waals surface area contributed by atoms with Crippen LogP contribution in [0.25, 0.3) is 0 Å². The lowest BCUT2D eigenvalue weighted by Gasteiger charge is -2.37. The molecule has 0 aromatic carbocycles. The molecule has 16 nitrogen and oxygen atoms in total. The van der Waals surface area contributed by atoms with Crippen LogP contribution in [0.15, 0.2) is 0 Å². The molecular weight excluding hydrogens is 742 g/mol. The second kappa shape index (κ2) is 27.7. The van der Waals surface area contributed by atoms with Crippen molar-refractivity contribution in [1.29, 1.82) is 0 Å². The van der Waals surface area contributed by atoms with Crippen LogP contribution >= 0.6 is 0 Å². The number of carbonyl (C=O) groups excluding carboxylic acids is 3. The Kier molecular flexibility index (Phi) is 26.7. The summed E-state index contributed by atoms with van der Waals surface area (Å²) >= 11 is 0. The number of ether oxygens (including phenoxy) is 1. The predicted molar refractivity (Wildman–Crippen MR) is 216 cm³/mol. The van der Waals surface area contributed by atoms with Crippen LogP contribution in [0.4, 0.5) is 0 Å². The smallest absolute Gasteiger partial charge is 0.217 e. The number of hydrogen-bond acceptors (Lipinski definition) is 13. The topological polar surface area (TPSA) is 279 Å². The fraction of sp³-hybridized carbons (Fsp3) is 0.927. The maximum absolute atomic E-state index is 11.8. The maximum atomic E-state index is 11.8. The van der Waals surface area contributed by atoms with Crippen LogP contribution in [-0.4, -0.2) is 151 Å². The largest absolute Gasteiger partial charge is 0.396 e. The first kappa shape index (κ1) is 55.0. The molecule has 1 rings (SSSR count). The SMILES string of the molecule is CC(=O)NC(C(O)CCC(C)(C)OCC(CC(C)CO)C(NC(C)=O)C(O)C(C)O)C(CO)CC(C)CO.CC(=O)N[C@@H]1CC(O)CC(CO)C(CC(C)C)C1O. The van der Waals surface area contributed by atoms with Crippen molar-refractivity contribution < 1.29 is 65.1 Å². The van der Waals surface area contributed by atoms with E-state index in [9.17, 15) is 60.3 Å². The Bertz CT molecular complexity index is 1130. The minimum absolute atomic E-state index is 0.0434. The number of carbonyl (C=O) groups is 3. The van der Waals surface area contributed by atoms with Crippen molar-refractivity contribution in [3.05, 3.63) is 0 Å². The van der Waals surface area contributed by atoms with Gasteiger partial charge < -0.3 is 66.6 Å². The number of rotatable bonds is 24. The molecule has 57 heavy (non-hydrogen) atoms. The zero-order chi connectivity index (χ0) is 44.2. The van der Waals surface area contributed by atoms with Crippen molar-refractivity contribution in [3.63, 3.8) is 0 Å². The minimum Gasteiger partial charge on any atom is -0.396 e. The van der Waals surface area contributed by atoms with Gasteiger partial charge >= 0.3 is 0 Å². The first-order chi connectivity index (χ1) is 26.4. The molecule has 1 fully saturated rings. The monoisotopic (exact) mass is 824 g/mol. The van der Waals surface area contributed by atoms with Crippen molar-refractivity contribution in [2.24, 2.45) is 41.4 Å². The van der Waals surface area contributed by atoms with Gasteiger partial charge in [0.2, 0.25) is 17.7 Å². The molecule has 0 bridgehead atoms. The Morgan fingerprint density at radius 1 is 0.754 bits per heavy atom. The Morgan fingerprint density at radius 3 is 1.72 bits per heavy atom. The molecule has 0 saturated heterocycles. The summed E-state index contributed by atoms with van der Waals surface area (Å²) in [7, 11) is 0. The third kappa shape index (κ3) is 21.7. The molecule has 1 aliphatic rings. The van der Waals surface area contributed by atoms with Gasteiger partial charge in [-0.1, -0.05) is 27.7 Å². The van der Waals surface area contributed by atoms with Gasteiger partial charge in [0.15, 0.2) is 0 Å². The Hall–Kier alpha value is -1.99. The molecule has 1 saturated carbocycles. The van der Waals surface area contributed by atoms with Crippen LogP contribution in [0.5, 0.6) is 0 Å². The van der Waals surface area contributed by atoms with Gasteiger partial charge in [-0.05, 0) is 95.3 Å². The van der Waals surface area contributed by atoms with Crippen LogP contribution < -0.4 is 16.0 Å². The number of nitrogens with one attached hydrogen (secondary N) is 3. The number of amides is 3. The lowest BCUT2D eigenvalue weighted by Crippen LogP contribution is -2.53. The molecule has 12 N–H and O–H groups in total. The van der Waals surface area contributed by atoms with E-state index in [4.69, 9.17) is 4.74 Å². The quantitative estimate of drug-likeness (QED) is 0.0582. The molecule has 13 unspecified atom stereocenters. The van der Waals surface area contributed by atoms with E-state index in [0.29, 0.717) is 38.0 Å². The molecule has 338 valence electrons. The zero-order valence-electron chi connectivity index (χ0n) is 36.3. The van der Waals surface area contributed by atoms with Gasteiger partial charge in [0.25, 0.3) is 0 Å². The van der Waals surface area contributed by atoms with Crippen LogP contribution in [0.2, 0.25) is 0 Å². The minimum atomic E-state index is -1.24. The van der Waals surface area contributed by atoms with Crippen LogP contribution in [0.1, 0.15) is 114 Å². The molecule has 1 aliphatic carbocycles. The zero-order valence-corrected chi connectivity index (χ0v) is 36.3. The van der Waals surface area contributed by atoms with E-state index < -0.39 is 66.1 Å². The van der Waals surface area contributed by atoms with Gasteiger partial charge in [0, 0.05) is 59.0 Å². The highest BCUT2D eigenvalue weighted by atomic mass is 16.5. The molecule has 0 aromatic heterocycles. The molecule has 3 amide bonds. The summed E-state index contributed by atoms with van der Waals surface area (Å²) < 4.78 is 6.20. The summed E-state index contributed by atoms with van der Waals surface area (Å²) in [5.41, 5.74) is -0.744. The summed E-state index contributed by atoms with van der Waals surface area (Å²) in [4.78, 5) is 34.9. The molecule has 16 heteroatoms. The summed E-state index contributed by atoms with van der Waals surface area (Å²) in [6.45, 7) is 16.7. The van der Waals surface area contributed by atoms with Crippen molar-refractivity contribution in [3.8, 4) is 0 Å². The summed E-state index contributed by atoms with van der Waals surface area (Å²) in [5, 5.41) is 98.6. The van der Waals surface area contributed by atoms with Gasteiger partial charge in [-0.2, -0.15) is 0 Å². The standard InChI is InChI=1S/C27H54N2O9.C14H27NO4/c1-16(12-30)10-21(14-32)24(28-19(4)34)23(36)8-9-27(6,7)38-15-22(11-17(2)13-31)25(29-20(5)35)26(37)18(3)33;1-8(2)4-12-10(7-16)5-11(18)6-13(14(12)19)15-9(3)17/h16-18,21-26,30-33,36-37H,8-15H2,1-7H3,(H,28,34)(H,29,35);8,10-14,16,18-19H,4-7H2,1-3H3,(H,15,17)/t;10?,11?,12?,13-,14?/m.1/s1. The first-order valence-corrected chi connectivity index (χ1v) is 20.7. The normalized spacial score (nSPS) is 24.9. The van der Waals surface area contributed by atoms with E-state index in [2.05, 4.69) is 29.8 Å². The Balaban J connectivity index is 0.00000137. The van der Waals surface area contributed by atoms with Gasteiger partial charge in [0.1, 0.15) is 6.10 Å². The lowest BCUT2D eigenvalue weighted by molar-refractivity contribution is -0.124. The van der Waals surface area contributed by atoms with Crippen molar-refractivity contribution >= 4 is 17.7 Å². The van der Waals surface area contributed by atoms with Crippen LogP contribution in [0, 0.1) is 41.4 Å². The maximum Gasteiger partial charge on any atom is 0.217 e. The molecule has 14 atom stereocenters. The molecule has 0 radical (unpaired) electrons. The Labute approximate surface area is 341 Å². The molecular formula is C41H81N3O13. The molecule has 0 spiro atoms. The first-order valence-electron chi connectivity index (χ1n) is 20.7. The highest BCUT2D eigenvalue weighted by molar-refractivity contribution is 5.74. The van der Waals surface area contributed by atoms with E-state index in [0.717, 1.165) is 6.42 Å². The highest BCUT2D eigenvalue weighted by Gasteiger charge is 2.40. The Morgan fingerprint density at radius 2 is 1.28 bits per heavy atom. The summed E-state index contributed by atoms with van der Waals surface area (Å²) in [6.07, 6.45) is -1.54. The molecule has 0 aromatic rings. The lowest BCUT2D eigenvalue weighted by atomic mass is 9.80. The third-order valence-electron chi connectivity index (χ3n) is 11.0. The van der Waals surface area contributed by atoms with E-state index >= 15 is 0 Å². The molecule has 0 heterocycles. The van der Waals surface area contributed by atoms with Gasteiger partial charge in [0.05, 0.1) is 54.7 Å². The number of aliphatic hydroxyl groups excluding tert-OH is 9. The van der Waals surface area contributed by atoms with Gasteiger partial charge in [-0.15, -0.1) is 0 Å². The highest BCUT2D eigenvalue weighted by Crippen LogP contribution is 2.34. The van der Waals surface area contributed by atoms with E-state index in [1.54, 1.807) is 0 Å². The van der Waals surface area contributed by atoms with E-state index in [1.807, 2.05) is 27.7 Å². The summed E-state index contributed by atoms with van der Waals surface area (Å²) in [6, 6.07) is -1.94. The third-order valence-corrected chi connectivity index (χ3v) is 11.0. The van der Waals surface area contributed by atoms with Crippen LogP contribution in [0.3, 0.4) is 0 Å². The van der Waals surface area contributed by atoms with Gasteiger partial charge in [-0.3, -0.25) is 14.4 Å². The van der Waals surface area contributed by atoms with Crippen molar-refractivity contribution in [2.75, 3.05) is 33.0 Å². The van der Waals surface area contributed by atoms with Gasteiger partial charge in [-0.25, -0.2) is 0 Å². The van der Waals surface area contributed by atoms with E-state index in [-0.39, 0.29) is 80.8 Å².